The molecule has 1 aliphatic rings. The molecule has 0 radical (unpaired) electrons. The maximum absolute atomic E-state index is 14.5. The number of piperazine rings is 1. The van der Waals surface area contributed by atoms with Gasteiger partial charge in [-0.3, -0.25) is 4.79 Å². The highest BCUT2D eigenvalue weighted by atomic mass is 35.5. The van der Waals surface area contributed by atoms with Crippen molar-refractivity contribution in [3.05, 3.63) is 89.0 Å². The van der Waals surface area contributed by atoms with Gasteiger partial charge in [-0.25, -0.2) is 17.2 Å². The standard InChI is InChI=1S/C23H20ClF2N3O3S/c24-17-4-3-5-18(15-17)27-23(30)16-8-9-20(26)22(14-16)33(31,32)29-12-10-28(11-13-29)21-7-2-1-6-19(21)25/h1-9,14-15H,10-13H2,(H,27,30). The molecule has 1 N–H and O–H groups in total. The summed E-state index contributed by atoms with van der Waals surface area (Å²) in [6.07, 6.45) is 0. The molecule has 1 fully saturated rings. The summed E-state index contributed by atoms with van der Waals surface area (Å²) in [5.41, 5.74) is 0.797. The summed E-state index contributed by atoms with van der Waals surface area (Å²) in [5.74, 6) is -1.94. The predicted molar refractivity (Wildman–Crippen MR) is 123 cm³/mol. The molecule has 0 aliphatic carbocycles. The minimum Gasteiger partial charge on any atom is -0.367 e. The van der Waals surface area contributed by atoms with E-state index in [0.717, 1.165) is 16.4 Å². The molecule has 0 saturated carbocycles. The third kappa shape index (κ3) is 5.00. The minimum atomic E-state index is -4.21. The zero-order chi connectivity index (χ0) is 23.6. The van der Waals surface area contributed by atoms with Crippen LogP contribution < -0.4 is 10.2 Å². The monoisotopic (exact) mass is 491 g/mol. The van der Waals surface area contributed by atoms with Crippen molar-refractivity contribution in [2.75, 3.05) is 36.4 Å². The van der Waals surface area contributed by atoms with Gasteiger partial charge in [0.1, 0.15) is 16.5 Å². The average Bonchev–Trinajstić information content (AvgIpc) is 2.79. The van der Waals surface area contributed by atoms with Crippen LogP contribution in [0.4, 0.5) is 20.2 Å². The van der Waals surface area contributed by atoms with Gasteiger partial charge in [-0.05, 0) is 48.5 Å². The molecule has 0 atom stereocenters. The van der Waals surface area contributed by atoms with E-state index in [-0.39, 0.29) is 31.7 Å². The molecule has 0 spiro atoms. The first-order valence-corrected chi connectivity index (χ1v) is 11.9. The maximum Gasteiger partial charge on any atom is 0.255 e. The van der Waals surface area contributed by atoms with Crippen molar-refractivity contribution in [1.82, 2.24) is 4.31 Å². The van der Waals surface area contributed by atoms with Gasteiger partial charge >= 0.3 is 0 Å². The summed E-state index contributed by atoms with van der Waals surface area (Å²) in [6.45, 7) is 0.595. The first kappa shape index (κ1) is 23.2. The van der Waals surface area contributed by atoms with Crippen molar-refractivity contribution in [1.29, 1.82) is 0 Å². The number of nitrogens with one attached hydrogen (secondary N) is 1. The zero-order valence-corrected chi connectivity index (χ0v) is 18.9. The summed E-state index contributed by atoms with van der Waals surface area (Å²) in [6, 6.07) is 15.9. The van der Waals surface area contributed by atoms with E-state index in [9.17, 15) is 22.0 Å². The van der Waals surface area contributed by atoms with Crippen LogP contribution in [0, 0.1) is 11.6 Å². The number of hydrogen-bond acceptors (Lipinski definition) is 4. The summed E-state index contributed by atoms with van der Waals surface area (Å²) in [5, 5.41) is 3.03. The minimum absolute atomic E-state index is 0.0139. The predicted octanol–water partition coefficient (Wildman–Crippen LogP) is 4.38. The maximum atomic E-state index is 14.5. The van der Waals surface area contributed by atoms with Crippen molar-refractivity contribution < 1.29 is 22.0 Å². The van der Waals surface area contributed by atoms with Gasteiger partial charge in [0.2, 0.25) is 10.0 Å². The number of carbonyl (C=O) groups is 1. The highest BCUT2D eigenvalue weighted by Crippen LogP contribution is 2.26. The van der Waals surface area contributed by atoms with Crippen LogP contribution in [0.15, 0.2) is 71.6 Å². The third-order valence-electron chi connectivity index (χ3n) is 5.33. The average molecular weight is 492 g/mol. The van der Waals surface area contributed by atoms with Crippen molar-refractivity contribution in [3.63, 3.8) is 0 Å². The molecule has 0 bridgehead atoms. The molecule has 172 valence electrons. The Kier molecular flexibility index (Phi) is 6.64. The van der Waals surface area contributed by atoms with Crippen molar-refractivity contribution in [2.45, 2.75) is 4.90 Å². The quantitative estimate of drug-likeness (QED) is 0.575. The fourth-order valence-electron chi connectivity index (χ4n) is 3.63. The number of hydrogen-bond donors (Lipinski definition) is 1. The van der Waals surface area contributed by atoms with Crippen LogP contribution in [0.25, 0.3) is 0 Å². The topological polar surface area (TPSA) is 69.7 Å². The lowest BCUT2D eigenvalue weighted by Crippen LogP contribution is -2.49. The van der Waals surface area contributed by atoms with Crippen LogP contribution >= 0.6 is 11.6 Å². The molecular weight excluding hydrogens is 472 g/mol. The largest absolute Gasteiger partial charge is 0.367 e. The van der Waals surface area contributed by atoms with Crippen LogP contribution in [-0.2, 0) is 10.0 Å². The molecule has 0 aromatic heterocycles. The summed E-state index contributed by atoms with van der Waals surface area (Å²) >= 11 is 5.91. The molecule has 1 amide bonds. The lowest BCUT2D eigenvalue weighted by molar-refractivity contribution is 0.102. The van der Waals surface area contributed by atoms with E-state index in [1.807, 2.05) is 0 Å². The second-order valence-corrected chi connectivity index (χ2v) is 9.80. The highest BCUT2D eigenvalue weighted by Gasteiger charge is 2.32. The molecule has 3 aromatic rings. The summed E-state index contributed by atoms with van der Waals surface area (Å²) in [7, 11) is -4.21. The van der Waals surface area contributed by atoms with Gasteiger partial charge in [0, 0.05) is 42.5 Å². The molecule has 1 aliphatic heterocycles. The van der Waals surface area contributed by atoms with E-state index in [1.54, 1.807) is 41.3 Å². The van der Waals surface area contributed by atoms with Gasteiger partial charge in [0.25, 0.3) is 5.91 Å². The van der Waals surface area contributed by atoms with E-state index < -0.39 is 32.5 Å². The lowest BCUT2D eigenvalue weighted by Gasteiger charge is -2.35. The number of carbonyl (C=O) groups excluding carboxylic acids is 1. The Bertz CT molecular complexity index is 1300. The van der Waals surface area contributed by atoms with Crippen molar-refractivity contribution >= 4 is 38.9 Å². The summed E-state index contributed by atoms with van der Waals surface area (Å²) < 4.78 is 56.0. The lowest BCUT2D eigenvalue weighted by atomic mass is 10.2. The molecule has 3 aromatic carbocycles. The number of nitrogens with zero attached hydrogens (tertiary/aromatic N) is 2. The van der Waals surface area contributed by atoms with Gasteiger partial charge in [0.05, 0.1) is 5.69 Å². The third-order valence-corrected chi connectivity index (χ3v) is 7.47. The smallest absolute Gasteiger partial charge is 0.255 e. The normalized spacial score (nSPS) is 14.8. The Hall–Kier alpha value is -3.01. The SMILES string of the molecule is O=C(Nc1cccc(Cl)c1)c1ccc(F)c(S(=O)(=O)N2CCN(c3ccccc3F)CC2)c1. The fourth-order valence-corrected chi connectivity index (χ4v) is 5.33. The van der Waals surface area contributed by atoms with Gasteiger partial charge in [0.15, 0.2) is 0 Å². The Morgan fingerprint density at radius 2 is 1.61 bits per heavy atom. The molecule has 10 heteroatoms. The fraction of sp³-hybridized carbons (Fsp3) is 0.174. The first-order chi connectivity index (χ1) is 15.8. The van der Waals surface area contributed by atoms with Crippen LogP contribution in [0.5, 0.6) is 0 Å². The van der Waals surface area contributed by atoms with Crippen molar-refractivity contribution in [2.24, 2.45) is 0 Å². The Labute approximate surface area is 195 Å². The van der Waals surface area contributed by atoms with Gasteiger partial charge < -0.3 is 10.2 Å². The highest BCUT2D eigenvalue weighted by molar-refractivity contribution is 7.89. The van der Waals surface area contributed by atoms with E-state index in [2.05, 4.69) is 5.32 Å². The second-order valence-electron chi connectivity index (χ2n) is 7.45. The van der Waals surface area contributed by atoms with E-state index >= 15 is 0 Å². The number of anilines is 2. The van der Waals surface area contributed by atoms with E-state index in [0.29, 0.717) is 16.4 Å². The summed E-state index contributed by atoms with van der Waals surface area (Å²) in [4.78, 5) is 13.8. The number of amides is 1. The number of halogens is 3. The first-order valence-electron chi connectivity index (χ1n) is 10.1. The zero-order valence-electron chi connectivity index (χ0n) is 17.3. The van der Waals surface area contributed by atoms with Crippen LogP contribution in [-0.4, -0.2) is 44.8 Å². The van der Waals surface area contributed by atoms with Gasteiger partial charge in [-0.15, -0.1) is 0 Å². The molecule has 1 saturated heterocycles. The van der Waals surface area contributed by atoms with E-state index in [1.165, 1.54) is 18.2 Å². The molecule has 0 unspecified atom stereocenters. The Morgan fingerprint density at radius 3 is 2.30 bits per heavy atom. The van der Waals surface area contributed by atoms with E-state index in [4.69, 9.17) is 11.6 Å². The van der Waals surface area contributed by atoms with Crippen LogP contribution in [0.2, 0.25) is 5.02 Å². The van der Waals surface area contributed by atoms with Crippen molar-refractivity contribution in [3.8, 4) is 0 Å². The van der Waals surface area contributed by atoms with Gasteiger partial charge in [-0.1, -0.05) is 29.8 Å². The molecule has 1 heterocycles. The molecule has 6 nitrogen and oxygen atoms in total. The molecular formula is C23H20ClF2N3O3S. The number of rotatable bonds is 5. The van der Waals surface area contributed by atoms with Gasteiger partial charge in [-0.2, -0.15) is 4.31 Å². The number of benzene rings is 3. The number of sulfonamides is 1. The number of para-hydroxylation sites is 1. The van der Waals surface area contributed by atoms with Crippen LogP contribution in [0.1, 0.15) is 10.4 Å². The van der Waals surface area contributed by atoms with Crippen LogP contribution in [0.3, 0.4) is 0 Å². The second kappa shape index (κ2) is 9.46. The Morgan fingerprint density at radius 1 is 0.879 bits per heavy atom. The Balaban J connectivity index is 1.52. The molecule has 4 rings (SSSR count). The molecule has 33 heavy (non-hydrogen) atoms.